The Morgan fingerprint density at radius 3 is 2.52 bits per heavy atom. The highest BCUT2D eigenvalue weighted by Crippen LogP contribution is 2.37. The Kier molecular flexibility index (Phi) is 3.27. The van der Waals surface area contributed by atoms with Gasteiger partial charge in [-0.3, -0.25) is 0 Å². The number of aromatic nitrogens is 1. The summed E-state index contributed by atoms with van der Waals surface area (Å²) in [4.78, 5) is 12.4. The molecular weight excluding hydrogens is 286 g/mol. The molecule has 114 valence electrons. The molecule has 0 fully saturated rings. The molecule has 3 nitrogen and oxygen atoms in total. The van der Waals surface area contributed by atoms with Crippen molar-refractivity contribution >= 4 is 5.97 Å². The molecule has 1 aliphatic rings. The van der Waals surface area contributed by atoms with Crippen molar-refractivity contribution in [1.29, 1.82) is 0 Å². The second-order valence-electron chi connectivity index (χ2n) is 5.71. The van der Waals surface area contributed by atoms with Gasteiger partial charge in [-0.25, -0.2) is 4.79 Å². The molecule has 3 aromatic rings. The van der Waals surface area contributed by atoms with E-state index < -0.39 is 0 Å². The van der Waals surface area contributed by atoms with Gasteiger partial charge in [-0.2, -0.15) is 0 Å². The van der Waals surface area contributed by atoms with Crippen molar-refractivity contribution < 1.29 is 9.53 Å². The number of fused-ring (bicyclic) bond motifs is 3. The lowest BCUT2D eigenvalue weighted by Gasteiger charge is -2.20. The largest absolute Gasteiger partial charge is 0.464 e. The Morgan fingerprint density at radius 2 is 1.74 bits per heavy atom. The highest BCUT2D eigenvalue weighted by molar-refractivity contribution is 5.98. The van der Waals surface area contributed by atoms with Crippen molar-refractivity contribution in [2.24, 2.45) is 0 Å². The molecule has 0 atom stereocenters. The Morgan fingerprint density at radius 1 is 1.00 bits per heavy atom. The highest BCUT2D eigenvalue weighted by Gasteiger charge is 2.26. The molecule has 4 rings (SSSR count). The van der Waals surface area contributed by atoms with Gasteiger partial charge in [0.1, 0.15) is 5.69 Å². The number of esters is 1. The van der Waals surface area contributed by atoms with E-state index in [1.54, 1.807) is 0 Å². The minimum absolute atomic E-state index is 0.283. The third-order valence-corrected chi connectivity index (χ3v) is 4.46. The lowest BCUT2D eigenvalue weighted by atomic mass is 9.98. The van der Waals surface area contributed by atoms with E-state index >= 15 is 0 Å². The van der Waals surface area contributed by atoms with Crippen molar-refractivity contribution in [3.8, 4) is 22.4 Å². The van der Waals surface area contributed by atoms with Crippen LogP contribution in [0.25, 0.3) is 22.4 Å². The monoisotopic (exact) mass is 303 g/mol. The summed E-state index contributed by atoms with van der Waals surface area (Å²) in [6.07, 6.45) is 0.927. The number of rotatable bonds is 2. The van der Waals surface area contributed by atoms with Crippen LogP contribution in [0.4, 0.5) is 0 Å². The zero-order chi connectivity index (χ0) is 15.8. The minimum atomic E-state index is -0.283. The van der Waals surface area contributed by atoms with Gasteiger partial charge < -0.3 is 9.30 Å². The predicted molar refractivity (Wildman–Crippen MR) is 90.3 cm³/mol. The van der Waals surface area contributed by atoms with Crippen molar-refractivity contribution in [1.82, 2.24) is 4.57 Å². The van der Waals surface area contributed by atoms with E-state index in [1.807, 2.05) is 36.4 Å². The highest BCUT2D eigenvalue weighted by atomic mass is 16.5. The molecule has 0 unspecified atom stereocenters. The molecule has 0 aliphatic carbocycles. The zero-order valence-electron chi connectivity index (χ0n) is 13.0. The fourth-order valence-corrected chi connectivity index (χ4v) is 3.38. The molecular formula is C20H17NO2. The normalized spacial score (nSPS) is 12.4. The fourth-order valence-electron chi connectivity index (χ4n) is 3.38. The van der Waals surface area contributed by atoms with Gasteiger partial charge in [0.05, 0.1) is 7.11 Å². The fraction of sp³-hybridized carbons (Fsp3) is 0.150. The summed E-state index contributed by atoms with van der Waals surface area (Å²) in [5.41, 5.74) is 6.23. The summed E-state index contributed by atoms with van der Waals surface area (Å²) in [5.74, 6) is -0.283. The molecule has 0 saturated heterocycles. The standard InChI is InChI=1S/C20H17NO2/c1-23-20(22)19-17(14-7-3-2-4-8-14)13-18-16-10-6-5-9-15(16)11-12-21(18)19/h2-10,13H,11-12H2,1H3. The molecule has 1 aromatic heterocycles. The number of aryl methyl sites for hydroxylation is 1. The summed E-state index contributed by atoms with van der Waals surface area (Å²) in [5, 5.41) is 0. The maximum Gasteiger partial charge on any atom is 0.355 e. The quantitative estimate of drug-likeness (QED) is 0.665. The molecule has 0 saturated carbocycles. The van der Waals surface area contributed by atoms with E-state index in [2.05, 4.69) is 28.8 Å². The van der Waals surface area contributed by atoms with Crippen molar-refractivity contribution in [3.63, 3.8) is 0 Å². The number of hydrogen-bond acceptors (Lipinski definition) is 2. The van der Waals surface area contributed by atoms with Crippen molar-refractivity contribution in [2.45, 2.75) is 13.0 Å². The van der Waals surface area contributed by atoms with Crippen LogP contribution in [0, 0.1) is 0 Å². The number of hydrogen-bond donors (Lipinski definition) is 0. The first-order valence-corrected chi connectivity index (χ1v) is 7.75. The molecule has 0 spiro atoms. The van der Waals surface area contributed by atoms with Crippen LogP contribution >= 0.6 is 0 Å². The van der Waals surface area contributed by atoms with Gasteiger partial charge in [0, 0.05) is 23.4 Å². The second kappa shape index (κ2) is 5.43. The molecule has 2 aromatic carbocycles. The molecule has 1 aliphatic heterocycles. The number of carbonyl (C=O) groups is 1. The third-order valence-electron chi connectivity index (χ3n) is 4.46. The second-order valence-corrected chi connectivity index (χ2v) is 5.71. The number of benzene rings is 2. The van der Waals surface area contributed by atoms with Crippen LogP contribution in [0.1, 0.15) is 16.1 Å². The molecule has 0 bridgehead atoms. The predicted octanol–water partition coefficient (Wildman–Crippen LogP) is 4.16. The summed E-state index contributed by atoms with van der Waals surface area (Å²) < 4.78 is 7.14. The Bertz CT molecular complexity index is 878. The summed E-state index contributed by atoms with van der Waals surface area (Å²) in [6, 6.07) is 20.5. The lowest BCUT2D eigenvalue weighted by molar-refractivity contribution is 0.0589. The van der Waals surface area contributed by atoms with E-state index in [1.165, 1.54) is 18.2 Å². The van der Waals surface area contributed by atoms with Crippen LogP contribution in [-0.2, 0) is 17.7 Å². The molecule has 2 heterocycles. The molecule has 0 radical (unpaired) electrons. The number of ether oxygens (including phenoxy) is 1. The van der Waals surface area contributed by atoms with Gasteiger partial charge in [-0.05, 0) is 23.6 Å². The maximum absolute atomic E-state index is 12.4. The first-order chi connectivity index (χ1) is 11.3. The lowest BCUT2D eigenvalue weighted by Crippen LogP contribution is -2.17. The van der Waals surface area contributed by atoms with Gasteiger partial charge in [0.25, 0.3) is 0 Å². The zero-order valence-corrected chi connectivity index (χ0v) is 13.0. The van der Waals surface area contributed by atoms with Crippen LogP contribution in [0.5, 0.6) is 0 Å². The first-order valence-electron chi connectivity index (χ1n) is 7.75. The van der Waals surface area contributed by atoms with Gasteiger partial charge in [-0.1, -0.05) is 54.6 Å². The summed E-state index contributed by atoms with van der Waals surface area (Å²) >= 11 is 0. The van der Waals surface area contributed by atoms with Crippen LogP contribution < -0.4 is 0 Å². The van der Waals surface area contributed by atoms with E-state index in [-0.39, 0.29) is 5.97 Å². The smallest absolute Gasteiger partial charge is 0.355 e. The Labute approximate surface area is 135 Å². The molecule has 3 heteroatoms. The van der Waals surface area contributed by atoms with E-state index in [0.29, 0.717) is 5.69 Å². The van der Waals surface area contributed by atoms with Crippen LogP contribution in [0.15, 0.2) is 60.7 Å². The van der Waals surface area contributed by atoms with Gasteiger partial charge in [0.15, 0.2) is 0 Å². The van der Waals surface area contributed by atoms with Gasteiger partial charge >= 0.3 is 5.97 Å². The topological polar surface area (TPSA) is 31.2 Å². The van der Waals surface area contributed by atoms with Gasteiger partial charge in [0.2, 0.25) is 0 Å². The number of methoxy groups -OCH3 is 1. The van der Waals surface area contributed by atoms with E-state index in [9.17, 15) is 4.79 Å². The maximum atomic E-state index is 12.4. The van der Waals surface area contributed by atoms with E-state index in [0.717, 1.165) is 29.8 Å². The average Bonchev–Trinajstić information content (AvgIpc) is 3.02. The first kappa shape index (κ1) is 13.8. The third kappa shape index (κ3) is 2.16. The molecule has 0 amide bonds. The van der Waals surface area contributed by atoms with Crippen LogP contribution in [0.3, 0.4) is 0 Å². The Hall–Kier alpha value is -2.81. The van der Waals surface area contributed by atoms with Gasteiger partial charge in [-0.15, -0.1) is 0 Å². The number of nitrogens with zero attached hydrogens (tertiary/aromatic N) is 1. The van der Waals surface area contributed by atoms with Crippen LogP contribution in [-0.4, -0.2) is 17.6 Å². The summed E-state index contributed by atoms with van der Waals surface area (Å²) in [7, 11) is 1.44. The SMILES string of the molecule is COC(=O)c1c(-c2ccccc2)cc2n1CCc1ccccc1-2. The molecule has 0 N–H and O–H groups in total. The Balaban J connectivity index is 1.99. The average molecular weight is 303 g/mol. The van der Waals surface area contributed by atoms with Crippen molar-refractivity contribution in [2.75, 3.05) is 7.11 Å². The number of carbonyl (C=O) groups excluding carboxylic acids is 1. The van der Waals surface area contributed by atoms with E-state index in [4.69, 9.17) is 4.74 Å². The van der Waals surface area contributed by atoms with Crippen molar-refractivity contribution in [3.05, 3.63) is 71.9 Å². The summed E-state index contributed by atoms with van der Waals surface area (Å²) in [6.45, 7) is 0.795. The van der Waals surface area contributed by atoms with Crippen LogP contribution in [0.2, 0.25) is 0 Å². The minimum Gasteiger partial charge on any atom is -0.464 e. The molecule has 23 heavy (non-hydrogen) atoms.